The van der Waals surface area contributed by atoms with E-state index >= 15 is 0 Å². The summed E-state index contributed by atoms with van der Waals surface area (Å²) in [6.07, 6.45) is 3.02. The lowest BCUT2D eigenvalue weighted by molar-refractivity contribution is -0.122. The van der Waals surface area contributed by atoms with Gasteiger partial charge in [-0.25, -0.2) is 4.79 Å². The van der Waals surface area contributed by atoms with Crippen LogP contribution in [0.2, 0.25) is 0 Å². The number of nitrogens with one attached hydrogen (secondary N) is 2. The van der Waals surface area contributed by atoms with Crippen molar-refractivity contribution in [2.24, 2.45) is 0 Å². The molecule has 0 aliphatic carbocycles. The highest BCUT2D eigenvalue weighted by Gasteiger charge is 2.31. The van der Waals surface area contributed by atoms with E-state index in [1.54, 1.807) is 20.0 Å². The van der Waals surface area contributed by atoms with Gasteiger partial charge in [0.15, 0.2) is 0 Å². The van der Waals surface area contributed by atoms with Gasteiger partial charge in [0.1, 0.15) is 0 Å². The number of nitrogens with zero attached hydrogens (tertiary/aromatic N) is 1. The van der Waals surface area contributed by atoms with Gasteiger partial charge in [0.05, 0.1) is 24.2 Å². The van der Waals surface area contributed by atoms with Crippen molar-refractivity contribution < 1.29 is 19.4 Å². The molecule has 3 N–H and O–H groups in total. The topological polar surface area (TPSA) is 94.7 Å². The Bertz CT molecular complexity index is 589. The second kappa shape index (κ2) is 7.81. The van der Waals surface area contributed by atoms with E-state index in [2.05, 4.69) is 15.2 Å². The van der Waals surface area contributed by atoms with Crippen molar-refractivity contribution in [3.8, 4) is 0 Å². The fraction of sp³-hybridized carbons (Fsp3) is 0.647. The Morgan fingerprint density at radius 3 is 2.71 bits per heavy atom. The van der Waals surface area contributed by atoms with Crippen LogP contribution >= 0.6 is 0 Å². The molecule has 1 aliphatic heterocycles. The third-order valence-corrected chi connectivity index (χ3v) is 4.51. The molecule has 2 rings (SSSR count). The average molecular weight is 337 g/mol. The third-order valence-electron chi connectivity index (χ3n) is 4.51. The lowest BCUT2D eigenvalue weighted by Gasteiger charge is -2.36. The number of ether oxygens (including phenoxy) is 1. The Morgan fingerprint density at radius 2 is 2.08 bits per heavy atom. The van der Waals surface area contributed by atoms with Crippen LogP contribution in [0.5, 0.6) is 0 Å². The Labute approximate surface area is 142 Å². The first-order valence-corrected chi connectivity index (χ1v) is 8.36. The maximum Gasteiger partial charge on any atom is 0.340 e. The van der Waals surface area contributed by atoms with Crippen LogP contribution < -0.4 is 5.32 Å². The highest BCUT2D eigenvalue weighted by Crippen LogP contribution is 2.20. The van der Waals surface area contributed by atoms with E-state index in [9.17, 15) is 14.7 Å². The number of aryl methyl sites for hydroxylation is 1. The number of rotatable bonds is 6. The minimum atomic E-state index is -0.849. The van der Waals surface area contributed by atoms with Crippen molar-refractivity contribution in [3.05, 3.63) is 23.0 Å². The van der Waals surface area contributed by atoms with Crippen LogP contribution in [0, 0.1) is 6.92 Å². The molecule has 1 fully saturated rings. The molecule has 7 nitrogen and oxygen atoms in total. The number of H-pyrrole nitrogens is 1. The van der Waals surface area contributed by atoms with E-state index in [1.165, 1.54) is 0 Å². The number of aliphatic hydroxyl groups is 1. The molecule has 1 aromatic heterocycles. The number of carbonyl (C=O) groups is 2. The van der Waals surface area contributed by atoms with Crippen molar-refractivity contribution in [1.29, 1.82) is 0 Å². The van der Waals surface area contributed by atoms with Gasteiger partial charge in [0.25, 0.3) is 0 Å². The molecule has 0 bridgehead atoms. The summed E-state index contributed by atoms with van der Waals surface area (Å²) < 4.78 is 5.04. The highest BCUT2D eigenvalue weighted by atomic mass is 16.5. The van der Waals surface area contributed by atoms with Crippen LogP contribution in [0.15, 0.2) is 6.20 Å². The van der Waals surface area contributed by atoms with Crippen molar-refractivity contribution >= 4 is 11.9 Å². The van der Waals surface area contributed by atoms with Crippen molar-refractivity contribution in [1.82, 2.24) is 15.2 Å². The SMILES string of the molecule is CCOC(=O)c1c(C)c[nH]c1CC(=O)NCC1(O)CCN(C)CC1. The van der Waals surface area contributed by atoms with E-state index in [-0.39, 0.29) is 25.5 Å². The molecule has 2 heterocycles. The first-order chi connectivity index (χ1) is 11.3. The number of hydrogen-bond donors (Lipinski definition) is 3. The molecule has 0 saturated carbocycles. The van der Waals surface area contributed by atoms with Gasteiger partial charge in [0, 0.05) is 31.5 Å². The summed E-state index contributed by atoms with van der Waals surface area (Å²) in [4.78, 5) is 29.3. The number of aromatic nitrogens is 1. The Balaban J connectivity index is 1.92. The quantitative estimate of drug-likeness (QED) is 0.662. The second-order valence-electron chi connectivity index (χ2n) is 6.53. The third kappa shape index (κ3) is 4.58. The first kappa shape index (κ1) is 18.5. The Hall–Kier alpha value is -1.86. The van der Waals surface area contributed by atoms with Gasteiger partial charge >= 0.3 is 5.97 Å². The molecular formula is C17H27N3O4. The Kier molecular flexibility index (Phi) is 6.01. The predicted molar refractivity (Wildman–Crippen MR) is 89.9 cm³/mol. The number of carbonyl (C=O) groups excluding carboxylic acids is 2. The predicted octanol–water partition coefficient (Wildman–Crippen LogP) is 0.615. The minimum Gasteiger partial charge on any atom is -0.462 e. The lowest BCUT2D eigenvalue weighted by Crippen LogP contribution is -2.50. The largest absolute Gasteiger partial charge is 0.462 e. The molecule has 0 spiro atoms. The molecule has 134 valence electrons. The highest BCUT2D eigenvalue weighted by molar-refractivity contribution is 5.94. The van der Waals surface area contributed by atoms with Gasteiger partial charge in [-0.05, 0) is 39.3 Å². The maximum atomic E-state index is 12.2. The number of esters is 1. The van der Waals surface area contributed by atoms with E-state index in [0.717, 1.165) is 18.7 Å². The molecule has 7 heteroatoms. The van der Waals surface area contributed by atoms with Crippen LogP contribution in [0.1, 0.15) is 41.4 Å². The van der Waals surface area contributed by atoms with Crippen LogP contribution in [0.25, 0.3) is 0 Å². The zero-order valence-electron chi connectivity index (χ0n) is 14.6. The van der Waals surface area contributed by atoms with Gasteiger partial charge in [-0.15, -0.1) is 0 Å². The molecule has 1 aromatic rings. The van der Waals surface area contributed by atoms with Gasteiger partial charge in [0.2, 0.25) is 5.91 Å². The van der Waals surface area contributed by atoms with Crippen molar-refractivity contribution in [3.63, 3.8) is 0 Å². The van der Waals surface area contributed by atoms with Crippen LogP contribution in [-0.2, 0) is 16.0 Å². The molecule has 24 heavy (non-hydrogen) atoms. The molecular weight excluding hydrogens is 310 g/mol. The average Bonchev–Trinajstić information content (AvgIpc) is 2.89. The molecule has 1 saturated heterocycles. The number of piperidine rings is 1. The van der Waals surface area contributed by atoms with Crippen molar-refractivity contribution in [2.75, 3.05) is 33.3 Å². The van der Waals surface area contributed by atoms with E-state index in [1.807, 2.05) is 7.05 Å². The molecule has 0 unspecified atom stereocenters. The van der Waals surface area contributed by atoms with E-state index < -0.39 is 11.6 Å². The summed E-state index contributed by atoms with van der Waals surface area (Å²) in [6, 6.07) is 0. The summed E-state index contributed by atoms with van der Waals surface area (Å²) in [5.41, 5.74) is 0.867. The summed E-state index contributed by atoms with van der Waals surface area (Å²) in [5.74, 6) is -0.650. The van der Waals surface area contributed by atoms with Crippen LogP contribution in [-0.4, -0.2) is 65.8 Å². The molecule has 0 atom stereocenters. The molecule has 0 radical (unpaired) electrons. The minimum absolute atomic E-state index is 0.0535. The normalized spacial score (nSPS) is 17.5. The monoisotopic (exact) mass is 337 g/mol. The summed E-state index contributed by atoms with van der Waals surface area (Å²) >= 11 is 0. The lowest BCUT2D eigenvalue weighted by atomic mass is 9.91. The zero-order valence-corrected chi connectivity index (χ0v) is 14.6. The van der Waals surface area contributed by atoms with Gasteiger partial charge in [-0.2, -0.15) is 0 Å². The first-order valence-electron chi connectivity index (χ1n) is 8.36. The zero-order chi connectivity index (χ0) is 17.7. The number of amides is 1. The summed E-state index contributed by atoms with van der Waals surface area (Å²) in [5, 5.41) is 13.3. The molecule has 1 aliphatic rings. The van der Waals surface area contributed by atoms with Crippen LogP contribution in [0.4, 0.5) is 0 Å². The fourth-order valence-corrected chi connectivity index (χ4v) is 2.90. The molecule has 0 aromatic carbocycles. The molecule has 1 amide bonds. The fourth-order valence-electron chi connectivity index (χ4n) is 2.90. The summed E-state index contributed by atoms with van der Waals surface area (Å²) in [6.45, 7) is 5.69. The smallest absolute Gasteiger partial charge is 0.340 e. The second-order valence-corrected chi connectivity index (χ2v) is 6.53. The Morgan fingerprint density at radius 1 is 1.42 bits per heavy atom. The summed E-state index contributed by atoms with van der Waals surface area (Å²) in [7, 11) is 2.02. The van der Waals surface area contributed by atoms with Gasteiger partial charge < -0.3 is 25.0 Å². The maximum absolute atomic E-state index is 12.2. The van der Waals surface area contributed by atoms with Gasteiger partial charge in [-0.3, -0.25) is 4.79 Å². The number of aromatic amines is 1. The van der Waals surface area contributed by atoms with E-state index in [4.69, 9.17) is 4.74 Å². The number of likely N-dealkylation sites (tertiary alicyclic amines) is 1. The van der Waals surface area contributed by atoms with Crippen molar-refractivity contribution in [2.45, 2.75) is 38.7 Å². The number of hydrogen-bond acceptors (Lipinski definition) is 5. The van der Waals surface area contributed by atoms with Gasteiger partial charge in [-0.1, -0.05) is 0 Å². The van der Waals surface area contributed by atoms with Crippen LogP contribution in [0.3, 0.4) is 0 Å². The van der Waals surface area contributed by atoms with E-state index in [0.29, 0.717) is 24.1 Å². The standard InChI is InChI=1S/C17H27N3O4/c1-4-24-16(22)15-12(2)10-18-13(15)9-14(21)19-11-17(23)5-7-20(3)8-6-17/h10,18,23H,4-9,11H2,1-3H3,(H,19,21).